The highest BCUT2D eigenvalue weighted by Gasteiger charge is 2.19. The molecule has 1 N–H and O–H groups in total. The Kier molecular flexibility index (Phi) is 4.90. The number of aliphatic hydroxyl groups is 1. The van der Waals surface area contributed by atoms with E-state index in [0.717, 1.165) is 12.0 Å². The molecule has 0 spiro atoms. The average Bonchev–Trinajstić information content (AvgIpc) is 2.39. The summed E-state index contributed by atoms with van der Waals surface area (Å²) >= 11 is 6.08. The minimum absolute atomic E-state index is 0.406. The Morgan fingerprint density at radius 1 is 1.33 bits per heavy atom. The molecular weight excluding hydrogens is 248 g/mol. The highest BCUT2D eigenvalue weighted by Crippen LogP contribution is 2.34. The first kappa shape index (κ1) is 13.7. The van der Waals surface area contributed by atoms with E-state index in [1.807, 2.05) is 18.2 Å². The van der Waals surface area contributed by atoms with Gasteiger partial charge in [-0.1, -0.05) is 49.8 Å². The van der Waals surface area contributed by atoms with Crippen LogP contribution in [0.1, 0.15) is 50.2 Å². The third-order valence-electron chi connectivity index (χ3n) is 3.84. The van der Waals surface area contributed by atoms with Crippen molar-refractivity contribution in [3.05, 3.63) is 28.8 Å². The highest BCUT2D eigenvalue weighted by molar-refractivity contribution is 6.32. The zero-order valence-electron chi connectivity index (χ0n) is 10.9. The first-order chi connectivity index (χ1) is 8.70. The second-order valence-corrected chi connectivity index (χ2v) is 5.56. The van der Waals surface area contributed by atoms with Crippen molar-refractivity contribution in [3.8, 4) is 5.75 Å². The van der Waals surface area contributed by atoms with Gasteiger partial charge < -0.3 is 9.84 Å². The standard InChI is InChI=1S/C15H21ClO2/c1-18-15-8-7-12(10-13(15)16)14(17)9-11-5-3-2-4-6-11/h7-8,10-11,14,17H,2-6,9H2,1H3. The van der Waals surface area contributed by atoms with Gasteiger partial charge in [-0.05, 0) is 30.0 Å². The van der Waals surface area contributed by atoms with Gasteiger partial charge in [0.05, 0.1) is 18.2 Å². The second kappa shape index (κ2) is 6.44. The predicted molar refractivity (Wildman–Crippen MR) is 74.2 cm³/mol. The highest BCUT2D eigenvalue weighted by atomic mass is 35.5. The number of halogens is 1. The van der Waals surface area contributed by atoms with Crippen molar-refractivity contribution in [1.82, 2.24) is 0 Å². The van der Waals surface area contributed by atoms with E-state index in [1.165, 1.54) is 32.1 Å². The normalized spacial score (nSPS) is 18.6. The van der Waals surface area contributed by atoms with Gasteiger partial charge in [0.1, 0.15) is 5.75 Å². The lowest BCUT2D eigenvalue weighted by molar-refractivity contribution is 0.131. The van der Waals surface area contributed by atoms with Crippen LogP contribution in [0, 0.1) is 5.92 Å². The molecule has 1 aliphatic rings. The molecule has 0 bridgehead atoms. The molecule has 1 atom stereocenters. The van der Waals surface area contributed by atoms with Gasteiger partial charge in [-0.15, -0.1) is 0 Å². The molecule has 3 heteroatoms. The quantitative estimate of drug-likeness (QED) is 0.880. The Hall–Kier alpha value is -0.730. The van der Waals surface area contributed by atoms with Gasteiger partial charge in [-0.2, -0.15) is 0 Å². The molecule has 0 saturated heterocycles. The summed E-state index contributed by atoms with van der Waals surface area (Å²) in [6.07, 6.45) is 6.91. The van der Waals surface area contributed by atoms with Crippen molar-refractivity contribution in [2.24, 2.45) is 5.92 Å². The van der Waals surface area contributed by atoms with Gasteiger partial charge >= 0.3 is 0 Å². The van der Waals surface area contributed by atoms with E-state index in [0.29, 0.717) is 16.7 Å². The Balaban J connectivity index is 1.99. The van der Waals surface area contributed by atoms with Crippen LogP contribution in [0.2, 0.25) is 5.02 Å². The van der Waals surface area contributed by atoms with E-state index in [1.54, 1.807) is 7.11 Å². The monoisotopic (exact) mass is 268 g/mol. The van der Waals surface area contributed by atoms with Crippen LogP contribution in [-0.2, 0) is 0 Å². The molecule has 1 fully saturated rings. The molecule has 0 aliphatic heterocycles. The van der Waals surface area contributed by atoms with Crippen molar-refractivity contribution in [3.63, 3.8) is 0 Å². The van der Waals surface area contributed by atoms with E-state index in [4.69, 9.17) is 16.3 Å². The zero-order chi connectivity index (χ0) is 13.0. The molecule has 1 aliphatic carbocycles. The minimum atomic E-state index is -0.406. The zero-order valence-corrected chi connectivity index (χ0v) is 11.6. The lowest BCUT2D eigenvalue weighted by atomic mass is 9.84. The minimum Gasteiger partial charge on any atom is -0.495 e. The molecule has 18 heavy (non-hydrogen) atoms. The van der Waals surface area contributed by atoms with Gasteiger partial charge in [0.2, 0.25) is 0 Å². The van der Waals surface area contributed by atoms with Crippen LogP contribution in [0.3, 0.4) is 0 Å². The summed E-state index contributed by atoms with van der Waals surface area (Å²) in [5, 5.41) is 10.8. The smallest absolute Gasteiger partial charge is 0.137 e. The van der Waals surface area contributed by atoms with Gasteiger partial charge in [0, 0.05) is 0 Å². The van der Waals surface area contributed by atoms with E-state index in [9.17, 15) is 5.11 Å². The summed E-state index contributed by atoms with van der Waals surface area (Å²) in [6, 6.07) is 5.54. The number of ether oxygens (including phenoxy) is 1. The topological polar surface area (TPSA) is 29.5 Å². The van der Waals surface area contributed by atoms with Crippen LogP contribution >= 0.6 is 11.6 Å². The average molecular weight is 269 g/mol. The summed E-state index contributed by atoms with van der Waals surface area (Å²) < 4.78 is 5.12. The number of hydrogen-bond acceptors (Lipinski definition) is 2. The van der Waals surface area contributed by atoms with Gasteiger partial charge in [0.25, 0.3) is 0 Å². The Morgan fingerprint density at radius 2 is 2.06 bits per heavy atom. The summed E-state index contributed by atoms with van der Waals surface area (Å²) in [4.78, 5) is 0. The molecule has 0 radical (unpaired) electrons. The van der Waals surface area contributed by atoms with Crippen molar-refractivity contribution >= 4 is 11.6 Å². The number of rotatable bonds is 4. The molecule has 100 valence electrons. The molecule has 0 heterocycles. The number of hydrogen-bond donors (Lipinski definition) is 1. The van der Waals surface area contributed by atoms with E-state index >= 15 is 0 Å². The van der Waals surface area contributed by atoms with Crippen LogP contribution in [0.15, 0.2) is 18.2 Å². The Bertz CT molecular complexity index is 386. The summed E-state index contributed by atoms with van der Waals surface area (Å²) in [7, 11) is 1.60. The van der Waals surface area contributed by atoms with Crippen LogP contribution in [0.25, 0.3) is 0 Å². The maximum atomic E-state index is 10.3. The van der Waals surface area contributed by atoms with E-state index in [-0.39, 0.29) is 0 Å². The lowest BCUT2D eigenvalue weighted by Crippen LogP contribution is -2.11. The van der Waals surface area contributed by atoms with Crippen molar-refractivity contribution in [2.45, 2.75) is 44.6 Å². The van der Waals surface area contributed by atoms with Crippen LogP contribution < -0.4 is 4.74 Å². The second-order valence-electron chi connectivity index (χ2n) is 5.15. The predicted octanol–water partition coefficient (Wildman–Crippen LogP) is 4.35. The van der Waals surface area contributed by atoms with Crippen molar-refractivity contribution in [1.29, 1.82) is 0 Å². The SMILES string of the molecule is COc1ccc(C(O)CC2CCCCC2)cc1Cl. The summed E-state index contributed by atoms with van der Waals surface area (Å²) in [6.45, 7) is 0. The first-order valence-corrected chi connectivity index (χ1v) is 7.10. The molecule has 2 nitrogen and oxygen atoms in total. The molecule has 1 saturated carbocycles. The molecule has 1 unspecified atom stereocenters. The van der Waals surface area contributed by atoms with Crippen LogP contribution in [0.4, 0.5) is 0 Å². The molecule has 2 rings (SSSR count). The first-order valence-electron chi connectivity index (χ1n) is 6.72. The van der Waals surface area contributed by atoms with Crippen molar-refractivity contribution < 1.29 is 9.84 Å². The number of benzene rings is 1. The molecule has 1 aromatic carbocycles. The third kappa shape index (κ3) is 3.39. The summed E-state index contributed by atoms with van der Waals surface area (Å²) in [5.41, 5.74) is 0.895. The summed E-state index contributed by atoms with van der Waals surface area (Å²) in [5.74, 6) is 1.32. The van der Waals surface area contributed by atoms with Gasteiger partial charge in [-0.25, -0.2) is 0 Å². The van der Waals surface area contributed by atoms with E-state index < -0.39 is 6.10 Å². The van der Waals surface area contributed by atoms with Gasteiger partial charge in [0.15, 0.2) is 0 Å². The van der Waals surface area contributed by atoms with Crippen LogP contribution in [-0.4, -0.2) is 12.2 Å². The fourth-order valence-corrected chi connectivity index (χ4v) is 3.03. The number of aliphatic hydroxyl groups excluding tert-OH is 1. The maximum Gasteiger partial charge on any atom is 0.137 e. The Labute approximate surface area is 114 Å². The fourth-order valence-electron chi connectivity index (χ4n) is 2.76. The molecule has 0 amide bonds. The molecular formula is C15H21ClO2. The number of methoxy groups -OCH3 is 1. The Morgan fingerprint density at radius 3 is 2.67 bits per heavy atom. The maximum absolute atomic E-state index is 10.3. The largest absolute Gasteiger partial charge is 0.495 e. The van der Waals surface area contributed by atoms with E-state index in [2.05, 4.69) is 0 Å². The van der Waals surface area contributed by atoms with Gasteiger partial charge in [-0.3, -0.25) is 0 Å². The van der Waals surface area contributed by atoms with Crippen molar-refractivity contribution in [2.75, 3.05) is 7.11 Å². The van der Waals surface area contributed by atoms with Crippen LogP contribution in [0.5, 0.6) is 5.75 Å². The molecule has 1 aromatic rings. The third-order valence-corrected chi connectivity index (χ3v) is 4.14. The lowest BCUT2D eigenvalue weighted by Gasteiger charge is -2.24. The fraction of sp³-hybridized carbons (Fsp3) is 0.600. The molecule has 0 aromatic heterocycles.